The fraction of sp³-hybridized carbons (Fsp3) is 0.818. The Kier molecular flexibility index (Phi) is 21.0. The first-order valence-corrected chi connectivity index (χ1v) is 16.9. The number of likely N-dealkylation sites (tertiary alicyclic amines) is 1. The number of carboxylic acids is 1. The molecule has 1 aliphatic heterocycles. The molecule has 11 nitrogen and oxygen atoms in total. The summed E-state index contributed by atoms with van der Waals surface area (Å²) in [5, 5.41) is 14.6. The quantitative estimate of drug-likeness (QED) is 0.0986. The number of primary amides is 1. The molecule has 0 radical (unpaired) electrons. The number of unbranched alkanes of at least 4 members (excludes halogenated alkanes) is 13. The van der Waals surface area contributed by atoms with Crippen molar-refractivity contribution in [3.8, 4) is 0 Å². The number of nitrogens with zero attached hydrogens (tertiary/aromatic N) is 1. The minimum Gasteiger partial charge on any atom is -0.480 e. The van der Waals surface area contributed by atoms with E-state index in [-0.39, 0.29) is 43.3 Å². The number of rotatable bonds is 27. The summed E-state index contributed by atoms with van der Waals surface area (Å²) in [6.07, 6.45) is 18.1. The topological polar surface area (TPSA) is 176 Å². The monoisotopic (exact) mass is 622 g/mol. The number of carbonyl (C=O) groups is 6. The number of nitrogens with two attached hydrogens (primary N) is 1. The highest BCUT2D eigenvalue weighted by Gasteiger charge is 2.31. The average Bonchev–Trinajstić information content (AvgIpc) is 3.43. The smallest absolute Gasteiger partial charge is 0.326 e. The van der Waals surface area contributed by atoms with Gasteiger partial charge in [-0.3, -0.25) is 24.1 Å². The second-order valence-electron chi connectivity index (χ2n) is 12.4. The van der Waals surface area contributed by atoms with Crippen LogP contribution in [0.3, 0.4) is 0 Å². The molecule has 0 aromatic carbocycles. The molecule has 5 N–H and O–H groups in total. The van der Waals surface area contributed by atoms with Crippen LogP contribution in [0.4, 0.5) is 0 Å². The van der Waals surface area contributed by atoms with Gasteiger partial charge < -0.3 is 26.3 Å². The lowest BCUT2D eigenvalue weighted by Gasteiger charge is -2.23. The minimum atomic E-state index is -1.20. The first-order chi connectivity index (χ1) is 21.0. The normalized spacial score (nSPS) is 16.3. The van der Waals surface area contributed by atoms with E-state index in [9.17, 15) is 33.9 Å². The van der Waals surface area contributed by atoms with E-state index < -0.39 is 35.9 Å². The number of carboxylic acid groups (broad SMARTS) is 1. The molecule has 0 spiro atoms. The van der Waals surface area contributed by atoms with E-state index in [1.165, 1.54) is 51.4 Å². The first-order valence-electron chi connectivity index (χ1n) is 16.9. The van der Waals surface area contributed by atoms with Gasteiger partial charge in [0.05, 0.1) is 18.6 Å². The molecule has 11 heteroatoms. The molecule has 0 aromatic rings. The maximum Gasteiger partial charge on any atom is 0.326 e. The van der Waals surface area contributed by atoms with Gasteiger partial charge in [0.25, 0.3) is 0 Å². The molecule has 0 aromatic heterocycles. The van der Waals surface area contributed by atoms with E-state index in [0.717, 1.165) is 44.9 Å². The van der Waals surface area contributed by atoms with E-state index >= 15 is 0 Å². The van der Waals surface area contributed by atoms with Crippen molar-refractivity contribution in [3.63, 3.8) is 0 Å². The molecule has 0 aliphatic carbocycles. The summed E-state index contributed by atoms with van der Waals surface area (Å²) in [7, 11) is 0. The van der Waals surface area contributed by atoms with Crippen molar-refractivity contribution < 1.29 is 33.9 Å². The van der Waals surface area contributed by atoms with E-state index in [1.807, 2.05) is 0 Å². The van der Waals surface area contributed by atoms with Crippen LogP contribution in [0.25, 0.3) is 0 Å². The number of hydrogen-bond donors (Lipinski definition) is 4. The predicted octanol–water partition coefficient (Wildman–Crippen LogP) is 4.19. The molecular formula is C33H58N4O7. The molecule has 3 amide bonds. The Bertz CT molecular complexity index is 911. The SMILES string of the molecule is CC(=O)CCCCCCCCCCCCCCCCC(=O)N[C@@H](CCC(=O)N[C@@H](C)C(=O)CN1CCC[C@H]1C(N)=O)C(=O)O. The number of hydrogen-bond acceptors (Lipinski definition) is 7. The van der Waals surface area contributed by atoms with Gasteiger partial charge in [-0.1, -0.05) is 77.0 Å². The predicted molar refractivity (Wildman–Crippen MR) is 170 cm³/mol. The van der Waals surface area contributed by atoms with E-state index in [0.29, 0.717) is 19.4 Å². The largest absolute Gasteiger partial charge is 0.480 e. The maximum absolute atomic E-state index is 12.5. The number of nitrogens with one attached hydrogen (secondary N) is 2. The van der Waals surface area contributed by atoms with Crippen LogP contribution in [0, 0.1) is 0 Å². The Morgan fingerprint density at radius 1 is 0.750 bits per heavy atom. The molecule has 1 fully saturated rings. The fourth-order valence-electron chi connectivity index (χ4n) is 5.65. The Morgan fingerprint density at radius 3 is 1.70 bits per heavy atom. The number of amides is 3. The van der Waals surface area contributed by atoms with Gasteiger partial charge in [-0.2, -0.15) is 0 Å². The van der Waals surface area contributed by atoms with Gasteiger partial charge in [0.15, 0.2) is 5.78 Å². The molecular weight excluding hydrogens is 564 g/mol. The minimum absolute atomic E-state index is 0.00885. The number of Topliss-reactive ketones (excluding diaryl/α,β-unsaturated/α-hetero) is 2. The van der Waals surface area contributed by atoms with Crippen LogP contribution in [0.1, 0.15) is 142 Å². The Labute approximate surface area is 263 Å². The summed E-state index contributed by atoms with van der Waals surface area (Å²) in [4.78, 5) is 73.0. The van der Waals surface area contributed by atoms with Gasteiger partial charge >= 0.3 is 5.97 Å². The van der Waals surface area contributed by atoms with Crippen molar-refractivity contribution >= 4 is 35.3 Å². The first kappa shape index (κ1) is 39.2. The van der Waals surface area contributed by atoms with Crippen LogP contribution in [0.2, 0.25) is 0 Å². The molecule has 0 unspecified atom stereocenters. The van der Waals surface area contributed by atoms with Gasteiger partial charge in [-0.05, 0) is 52.5 Å². The van der Waals surface area contributed by atoms with Crippen molar-refractivity contribution in [2.24, 2.45) is 5.73 Å². The Hall–Kier alpha value is -2.82. The molecule has 3 atom stereocenters. The van der Waals surface area contributed by atoms with Crippen LogP contribution >= 0.6 is 0 Å². The summed E-state index contributed by atoms with van der Waals surface area (Å²) >= 11 is 0. The van der Waals surface area contributed by atoms with E-state index in [4.69, 9.17) is 5.73 Å². The Morgan fingerprint density at radius 2 is 1.23 bits per heavy atom. The molecule has 0 saturated carbocycles. The summed E-state index contributed by atoms with van der Waals surface area (Å²) < 4.78 is 0. The van der Waals surface area contributed by atoms with Crippen molar-refractivity contribution in [2.45, 2.75) is 160 Å². The molecule has 0 bridgehead atoms. The second-order valence-corrected chi connectivity index (χ2v) is 12.4. The zero-order valence-corrected chi connectivity index (χ0v) is 27.2. The average molecular weight is 623 g/mol. The summed E-state index contributed by atoms with van der Waals surface area (Å²) in [6.45, 7) is 3.81. The molecule has 1 rings (SSSR count). The van der Waals surface area contributed by atoms with Gasteiger partial charge in [0, 0.05) is 19.3 Å². The summed E-state index contributed by atoms with van der Waals surface area (Å²) in [6, 6.07) is -2.44. The van der Waals surface area contributed by atoms with Gasteiger partial charge in [0.2, 0.25) is 17.7 Å². The van der Waals surface area contributed by atoms with Crippen molar-refractivity contribution in [3.05, 3.63) is 0 Å². The lowest BCUT2D eigenvalue weighted by molar-refractivity contribution is -0.142. The third-order valence-corrected chi connectivity index (χ3v) is 8.39. The number of aliphatic carboxylic acids is 1. The molecule has 44 heavy (non-hydrogen) atoms. The number of ketones is 2. The zero-order chi connectivity index (χ0) is 32.7. The van der Waals surface area contributed by atoms with Crippen molar-refractivity contribution in [1.82, 2.24) is 15.5 Å². The Balaban J connectivity index is 2.09. The van der Waals surface area contributed by atoms with Crippen LogP contribution in [-0.2, 0) is 28.8 Å². The third kappa shape index (κ3) is 18.8. The molecule has 1 aliphatic rings. The van der Waals surface area contributed by atoms with Gasteiger partial charge in [0.1, 0.15) is 11.8 Å². The van der Waals surface area contributed by atoms with Gasteiger partial charge in [-0.15, -0.1) is 0 Å². The highest BCUT2D eigenvalue weighted by atomic mass is 16.4. The maximum atomic E-state index is 12.5. The molecule has 1 heterocycles. The van der Waals surface area contributed by atoms with Crippen molar-refractivity contribution in [1.29, 1.82) is 0 Å². The highest BCUT2D eigenvalue weighted by Crippen LogP contribution is 2.17. The lowest BCUT2D eigenvalue weighted by Crippen LogP contribution is -2.48. The second kappa shape index (κ2) is 23.5. The molecule has 252 valence electrons. The third-order valence-electron chi connectivity index (χ3n) is 8.39. The van der Waals surface area contributed by atoms with E-state index in [1.54, 1.807) is 18.7 Å². The standard InChI is InChI=1S/C33H58N4O7/c1-25(38)18-15-13-11-9-7-5-3-4-6-8-10-12-14-16-20-30(40)36-27(33(43)44)21-22-31(41)35-26(2)29(39)24-37-23-17-19-28(37)32(34)42/h26-28H,3-24H2,1-2H3,(H2,34,42)(H,35,41)(H,36,40)(H,43,44)/t26-,27-,28-/m0/s1. The van der Waals surface area contributed by atoms with Crippen LogP contribution in [0.5, 0.6) is 0 Å². The fourth-order valence-corrected chi connectivity index (χ4v) is 5.65. The highest BCUT2D eigenvalue weighted by molar-refractivity contribution is 5.91. The van der Waals surface area contributed by atoms with Crippen LogP contribution < -0.4 is 16.4 Å². The summed E-state index contributed by atoms with van der Waals surface area (Å²) in [5.74, 6) is -2.45. The summed E-state index contributed by atoms with van der Waals surface area (Å²) in [5.41, 5.74) is 5.39. The van der Waals surface area contributed by atoms with Crippen LogP contribution in [-0.4, -0.2) is 76.5 Å². The molecule has 1 saturated heterocycles. The lowest BCUT2D eigenvalue weighted by atomic mass is 10.0. The zero-order valence-electron chi connectivity index (χ0n) is 27.2. The van der Waals surface area contributed by atoms with Crippen molar-refractivity contribution in [2.75, 3.05) is 13.1 Å². The van der Waals surface area contributed by atoms with E-state index in [2.05, 4.69) is 10.6 Å². The van der Waals surface area contributed by atoms with Gasteiger partial charge in [-0.25, -0.2) is 4.79 Å². The van der Waals surface area contributed by atoms with Crippen LogP contribution in [0.15, 0.2) is 0 Å². The number of carbonyl (C=O) groups excluding carboxylic acids is 5.